The quantitative estimate of drug-likeness (QED) is 0.904. The summed E-state index contributed by atoms with van der Waals surface area (Å²) in [6.07, 6.45) is 1.27. The Morgan fingerprint density at radius 1 is 1.40 bits per heavy atom. The molecule has 3 rings (SSSR count). The number of nitrogens with zero attached hydrogens (tertiary/aromatic N) is 1. The molecule has 25 heavy (non-hydrogen) atoms. The summed E-state index contributed by atoms with van der Waals surface area (Å²) < 4.78 is 10.7. The number of aromatic nitrogens is 1. The molecule has 134 valence electrons. The van der Waals surface area contributed by atoms with Crippen LogP contribution in [0.4, 0.5) is 0 Å². The summed E-state index contributed by atoms with van der Waals surface area (Å²) in [4.78, 5) is 29.8. The van der Waals surface area contributed by atoms with Gasteiger partial charge >= 0.3 is 0 Å². The lowest BCUT2D eigenvalue weighted by Gasteiger charge is -2.29. The van der Waals surface area contributed by atoms with Crippen LogP contribution in [-0.4, -0.2) is 41.7 Å². The first-order valence-electron chi connectivity index (χ1n) is 8.61. The average Bonchev–Trinajstić information content (AvgIpc) is 3.13. The van der Waals surface area contributed by atoms with Crippen molar-refractivity contribution in [3.05, 3.63) is 40.2 Å². The lowest BCUT2D eigenvalue weighted by atomic mass is 10.1. The molecule has 1 saturated heterocycles. The fraction of sp³-hybridized carbons (Fsp3) is 0.474. The molecular formula is C19H24N2O4. The van der Waals surface area contributed by atoms with Crippen LogP contribution in [0.25, 0.3) is 10.9 Å². The second kappa shape index (κ2) is 7.27. The van der Waals surface area contributed by atoms with E-state index in [1.54, 1.807) is 18.1 Å². The minimum absolute atomic E-state index is 0.0114. The molecule has 1 aromatic heterocycles. The minimum atomic E-state index is -0.383. The van der Waals surface area contributed by atoms with Gasteiger partial charge in [-0.25, -0.2) is 0 Å². The molecule has 2 aromatic rings. The van der Waals surface area contributed by atoms with Crippen LogP contribution < -0.4 is 10.3 Å². The number of benzene rings is 1. The monoisotopic (exact) mass is 344 g/mol. The molecule has 1 amide bonds. The Morgan fingerprint density at radius 2 is 2.20 bits per heavy atom. The molecule has 1 unspecified atom stereocenters. The summed E-state index contributed by atoms with van der Waals surface area (Å²) in [7, 11) is 1.59. The Hall–Kier alpha value is -2.34. The van der Waals surface area contributed by atoms with E-state index in [0.717, 1.165) is 23.7 Å². The highest BCUT2D eigenvalue weighted by Gasteiger charge is 2.30. The number of carbonyl (C=O) groups is 1. The average molecular weight is 344 g/mol. The number of amides is 1. The van der Waals surface area contributed by atoms with Crippen molar-refractivity contribution in [2.24, 2.45) is 0 Å². The minimum Gasteiger partial charge on any atom is -0.497 e. The van der Waals surface area contributed by atoms with E-state index in [1.807, 2.05) is 32.0 Å². The van der Waals surface area contributed by atoms with Gasteiger partial charge in [-0.3, -0.25) is 9.59 Å². The van der Waals surface area contributed by atoms with Gasteiger partial charge in [-0.15, -0.1) is 0 Å². The van der Waals surface area contributed by atoms with Crippen molar-refractivity contribution in [3.63, 3.8) is 0 Å². The summed E-state index contributed by atoms with van der Waals surface area (Å²) in [5, 5.41) is 0.906. The van der Waals surface area contributed by atoms with Crippen LogP contribution in [0.15, 0.2) is 29.1 Å². The van der Waals surface area contributed by atoms with Crippen molar-refractivity contribution in [2.75, 3.05) is 13.7 Å². The SMILES string of the molecule is COc1ccc2cc(CN(C(=O)C3CCCO3)C(C)C)c(=O)[nH]c2c1. The number of pyridine rings is 1. The molecular weight excluding hydrogens is 320 g/mol. The lowest BCUT2D eigenvalue weighted by Crippen LogP contribution is -2.43. The molecule has 1 aromatic carbocycles. The first-order chi connectivity index (χ1) is 12.0. The summed E-state index contributed by atoms with van der Waals surface area (Å²) in [6, 6.07) is 7.36. The molecule has 1 aliphatic heterocycles. The molecule has 2 heterocycles. The number of nitrogens with one attached hydrogen (secondary N) is 1. The molecule has 0 bridgehead atoms. The largest absolute Gasteiger partial charge is 0.497 e. The van der Waals surface area contributed by atoms with Gasteiger partial charge in [0.1, 0.15) is 11.9 Å². The zero-order valence-electron chi connectivity index (χ0n) is 14.9. The van der Waals surface area contributed by atoms with E-state index in [1.165, 1.54) is 0 Å². The van der Waals surface area contributed by atoms with E-state index in [2.05, 4.69) is 4.98 Å². The van der Waals surface area contributed by atoms with E-state index >= 15 is 0 Å². The predicted molar refractivity (Wildman–Crippen MR) is 95.8 cm³/mol. The number of carbonyl (C=O) groups excluding carboxylic acids is 1. The second-order valence-corrected chi connectivity index (χ2v) is 6.64. The molecule has 6 heteroatoms. The van der Waals surface area contributed by atoms with Crippen molar-refractivity contribution in [2.45, 2.75) is 45.4 Å². The van der Waals surface area contributed by atoms with E-state index in [-0.39, 0.29) is 30.2 Å². The molecule has 6 nitrogen and oxygen atoms in total. The van der Waals surface area contributed by atoms with Crippen LogP contribution in [0.1, 0.15) is 32.3 Å². The third-order valence-electron chi connectivity index (χ3n) is 4.58. The third kappa shape index (κ3) is 3.69. The smallest absolute Gasteiger partial charge is 0.253 e. The Labute approximate surface area is 146 Å². The Bertz CT molecular complexity index is 822. The summed E-state index contributed by atoms with van der Waals surface area (Å²) in [6.45, 7) is 4.80. The van der Waals surface area contributed by atoms with E-state index < -0.39 is 0 Å². The molecule has 1 atom stereocenters. The van der Waals surface area contributed by atoms with Gasteiger partial charge in [0.05, 0.1) is 19.2 Å². The van der Waals surface area contributed by atoms with Gasteiger partial charge in [0, 0.05) is 24.3 Å². The van der Waals surface area contributed by atoms with Gasteiger partial charge in [0.2, 0.25) is 0 Å². The van der Waals surface area contributed by atoms with Gasteiger partial charge in [0.15, 0.2) is 0 Å². The molecule has 1 fully saturated rings. The molecule has 0 radical (unpaired) electrons. The molecule has 1 N–H and O–H groups in total. The maximum atomic E-state index is 12.7. The predicted octanol–water partition coefficient (Wildman–Crippen LogP) is 2.45. The van der Waals surface area contributed by atoms with E-state index in [0.29, 0.717) is 17.9 Å². The van der Waals surface area contributed by atoms with Crippen LogP contribution in [-0.2, 0) is 16.1 Å². The number of aromatic amines is 1. The molecule has 0 saturated carbocycles. The topological polar surface area (TPSA) is 71.6 Å². The zero-order chi connectivity index (χ0) is 18.0. The Kier molecular flexibility index (Phi) is 5.08. The maximum Gasteiger partial charge on any atom is 0.253 e. The lowest BCUT2D eigenvalue weighted by molar-refractivity contribution is -0.143. The number of fused-ring (bicyclic) bond motifs is 1. The highest BCUT2D eigenvalue weighted by molar-refractivity contribution is 5.82. The van der Waals surface area contributed by atoms with Crippen LogP contribution in [0, 0.1) is 0 Å². The number of ether oxygens (including phenoxy) is 2. The fourth-order valence-corrected chi connectivity index (χ4v) is 3.13. The van der Waals surface area contributed by atoms with E-state index in [4.69, 9.17) is 9.47 Å². The van der Waals surface area contributed by atoms with Crippen molar-refractivity contribution in [3.8, 4) is 5.75 Å². The first kappa shape index (κ1) is 17.5. The van der Waals surface area contributed by atoms with Gasteiger partial charge in [-0.05, 0) is 50.3 Å². The first-order valence-corrected chi connectivity index (χ1v) is 8.61. The van der Waals surface area contributed by atoms with E-state index in [9.17, 15) is 9.59 Å². The molecule has 1 aliphatic rings. The maximum absolute atomic E-state index is 12.7. The standard InChI is InChI=1S/C19H24N2O4/c1-12(2)21(19(23)17-5-4-8-25-17)11-14-9-13-6-7-15(24-3)10-16(13)20-18(14)22/h6-7,9-10,12,17H,4-5,8,11H2,1-3H3,(H,20,22). The van der Waals surface area contributed by atoms with Gasteiger partial charge in [-0.2, -0.15) is 0 Å². The summed E-state index contributed by atoms with van der Waals surface area (Å²) in [5.41, 5.74) is 1.10. The van der Waals surface area contributed by atoms with Crippen molar-refractivity contribution in [1.82, 2.24) is 9.88 Å². The zero-order valence-corrected chi connectivity index (χ0v) is 14.9. The van der Waals surface area contributed by atoms with Gasteiger partial charge < -0.3 is 19.4 Å². The summed E-state index contributed by atoms with van der Waals surface area (Å²) >= 11 is 0. The van der Waals surface area contributed by atoms with Crippen LogP contribution in [0.5, 0.6) is 5.75 Å². The fourth-order valence-electron chi connectivity index (χ4n) is 3.13. The Morgan fingerprint density at radius 3 is 2.84 bits per heavy atom. The third-order valence-corrected chi connectivity index (χ3v) is 4.58. The molecule has 0 aliphatic carbocycles. The normalized spacial score (nSPS) is 17.2. The summed E-state index contributed by atoms with van der Waals surface area (Å²) in [5.74, 6) is 0.648. The van der Waals surface area contributed by atoms with Crippen LogP contribution in [0.3, 0.4) is 0 Å². The molecule has 0 spiro atoms. The van der Waals surface area contributed by atoms with Crippen molar-refractivity contribution < 1.29 is 14.3 Å². The van der Waals surface area contributed by atoms with Crippen molar-refractivity contribution in [1.29, 1.82) is 0 Å². The number of H-pyrrole nitrogens is 1. The number of rotatable bonds is 5. The second-order valence-electron chi connectivity index (χ2n) is 6.64. The highest BCUT2D eigenvalue weighted by atomic mass is 16.5. The van der Waals surface area contributed by atoms with Crippen LogP contribution >= 0.6 is 0 Å². The van der Waals surface area contributed by atoms with Crippen molar-refractivity contribution >= 4 is 16.8 Å². The van der Waals surface area contributed by atoms with Crippen LogP contribution in [0.2, 0.25) is 0 Å². The number of hydrogen-bond donors (Lipinski definition) is 1. The number of methoxy groups -OCH3 is 1. The number of hydrogen-bond acceptors (Lipinski definition) is 4. The van der Waals surface area contributed by atoms with Gasteiger partial charge in [-0.1, -0.05) is 0 Å². The Balaban J connectivity index is 1.90. The highest BCUT2D eigenvalue weighted by Crippen LogP contribution is 2.21. The van der Waals surface area contributed by atoms with Gasteiger partial charge in [0.25, 0.3) is 11.5 Å².